The van der Waals surface area contributed by atoms with Gasteiger partial charge < -0.3 is 0 Å². The molecule has 0 aromatic rings. The Labute approximate surface area is 92.3 Å². The molecule has 0 saturated heterocycles. The highest BCUT2D eigenvalue weighted by molar-refractivity contribution is 5.21. The zero-order valence-corrected chi connectivity index (χ0v) is 9.58. The van der Waals surface area contributed by atoms with Gasteiger partial charge in [0.1, 0.15) is 6.17 Å². The number of halogens is 1. The fraction of sp³-hybridized carbons (Fsp3) is 0.714. The van der Waals surface area contributed by atoms with Crippen molar-refractivity contribution in [2.75, 3.05) is 0 Å². The van der Waals surface area contributed by atoms with E-state index < -0.39 is 6.17 Å². The monoisotopic (exact) mass is 208 g/mol. The molecule has 0 N–H and O–H groups in total. The highest BCUT2D eigenvalue weighted by Crippen LogP contribution is 2.34. The Kier molecular flexibility index (Phi) is 3.61. The summed E-state index contributed by atoms with van der Waals surface area (Å²) >= 11 is 0. The molecule has 0 nitrogen and oxygen atoms in total. The van der Waals surface area contributed by atoms with Gasteiger partial charge in [0.2, 0.25) is 0 Å². The van der Waals surface area contributed by atoms with Crippen molar-refractivity contribution in [3.63, 3.8) is 0 Å². The molecule has 0 aliphatic heterocycles. The average Bonchev–Trinajstić information content (AvgIpc) is 2.44. The van der Waals surface area contributed by atoms with E-state index in [0.717, 1.165) is 31.6 Å². The summed E-state index contributed by atoms with van der Waals surface area (Å²) in [6, 6.07) is 0. The van der Waals surface area contributed by atoms with E-state index >= 15 is 0 Å². The van der Waals surface area contributed by atoms with Crippen LogP contribution in [0, 0.1) is 11.8 Å². The van der Waals surface area contributed by atoms with E-state index in [1.54, 1.807) is 0 Å². The number of hydrogen-bond acceptors (Lipinski definition) is 0. The maximum atomic E-state index is 13.2. The van der Waals surface area contributed by atoms with E-state index in [1.165, 1.54) is 18.4 Å². The van der Waals surface area contributed by atoms with Gasteiger partial charge in [-0.15, -0.1) is 0 Å². The van der Waals surface area contributed by atoms with Crippen LogP contribution in [0.25, 0.3) is 0 Å². The third-order valence-corrected chi connectivity index (χ3v) is 3.87. The molecule has 0 aromatic heterocycles. The second-order valence-corrected chi connectivity index (χ2v) is 5.07. The van der Waals surface area contributed by atoms with Gasteiger partial charge in [0, 0.05) is 0 Å². The van der Waals surface area contributed by atoms with Crippen LogP contribution in [0.3, 0.4) is 0 Å². The predicted molar refractivity (Wildman–Crippen MR) is 62.5 cm³/mol. The molecule has 0 amide bonds. The first-order valence-corrected chi connectivity index (χ1v) is 6.25. The summed E-state index contributed by atoms with van der Waals surface area (Å²) in [4.78, 5) is 0. The van der Waals surface area contributed by atoms with Crippen molar-refractivity contribution in [2.45, 2.75) is 51.6 Å². The number of allylic oxidation sites excluding steroid dienone is 4. The van der Waals surface area contributed by atoms with Crippen LogP contribution in [0.1, 0.15) is 45.4 Å². The Bertz CT molecular complexity index is 265. The Morgan fingerprint density at radius 1 is 1.20 bits per heavy atom. The van der Waals surface area contributed by atoms with E-state index in [9.17, 15) is 4.39 Å². The average molecular weight is 208 g/mol. The Balaban J connectivity index is 1.91. The summed E-state index contributed by atoms with van der Waals surface area (Å²) in [5, 5.41) is 0. The fourth-order valence-corrected chi connectivity index (χ4v) is 2.81. The second kappa shape index (κ2) is 4.96. The normalized spacial score (nSPS) is 37.2. The summed E-state index contributed by atoms with van der Waals surface area (Å²) in [6.07, 6.45) is 12.5. The first kappa shape index (κ1) is 10.9. The van der Waals surface area contributed by atoms with Gasteiger partial charge in [-0.3, -0.25) is 0 Å². The minimum atomic E-state index is -0.528. The van der Waals surface area contributed by atoms with Gasteiger partial charge in [-0.1, -0.05) is 30.2 Å². The van der Waals surface area contributed by atoms with E-state index in [4.69, 9.17) is 0 Å². The maximum absolute atomic E-state index is 13.2. The van der Waals surface area contributed by atoms with Gasteiger partial charge in [0.15, 0.2) is 0 Å². The third-order valence-electron chi connectivity index (χ3n) is 3.87. The van der Waals surface area contributed by atoms with Crippen LogP contribution in [0.15, 0.2) is 23.8 Å². The van der Waals surface area contributed by atoms with Crippen LogP contribution in [0.5, 0.6) is 0 Å². The standard InChI is InChI=1S/C14H21F/c1-11-5-7-13(8-6-11)12-3-2-4-14(15)10-9-12/h5-7,12-14H,2-4,8-10H2,1H3. The van der Waals surface area contributed by atoms with Crippen LogP contribution in [-0.4, -0.2) is 6.17 Å². The zero-order chi connectivity index (χ0) is 10.7. The molecule has 84 valence electrons. The first-order chi connectivity index (χ1) is 7.25. The first-order valence-electron chi connectivity index (χ1n) is 6.25. The third kappa shape index (κ3) is 2.93. The topological polar surface area (TPSA) is 0 Å². The smallest absolute Gasteiger partial charge is 0.100 e. The molecule has 0 radical (unpaired) electrons. The molecule has 1 saturated carbocycles. The van der Waals surface area contributed by atoms with Crippen molar-refractivity contribution in [1.82, 2.24) is 0 Å². The van der Waals surface area contributed by atoms with Crippen molar-refractivity contribution in [1.29, 1.82) is 0 Å². The molecule has 2 rings (SSSR count). The van der Waals surface area contributed by atoms with Gasteiger partial charge in [0.05, 0.1) is 0 Å². The molecule has 0 aromatic carbocycles. The van der Waals surface area contributed by atoms with Crippen LogP contribution in [0.2, 0.25) is 0 Å². The molecular formula is C14H21F. The van der Waals surface area contributed by atoms with E-state index in [1.807, 2.05) is 0 Å². The van der Waals surface area contributed by atoms with Crippen LogP contribution in [-0.2, 0) is 0 Å². The Morgan fingerprint density at radius 3 is 2.80 bits per heavy atom. The lowest BCUT2D eigenvalue weighted by Gasteiger charge is -2.24. The Morgan fingerprint density at radius 2 is 2.07 bits per heavy atom. The maximum Gasteiger partial charge on any atom is 0.100 e. The highest BCUT2D eigenvalue weighted by atomic mass is 19.1. The number of rotatable bonds is 1. The van der Waals surface area contributed by atoms with E-state index in [2.05, 4.69) is 25.2 Å². The molecule has 2 aliphatic rings. The molecule has 15 heavy (non-hydrogen) atoms. The highest BCUT2D eigenvalue weighted by Gasteiger charge is 2.24. The lowest BCUT2D eigenvalue weighted by molar-refractivity contribution is 0.288. The van der Waals surface area contributed by atoms with E-state index in [-0.39, 0.29) is 0 Å². The largest absolute Gasteiger partial charge is 0.247 e. The molecule has 0 heterocycles. The van der Waals surface area contributed by atoms with Crippen molar-refractivity contribution in [2.24, 2.45) is 11.8 Å². The fourth-order valence-electron chi connectivity index (χ4n) is 2.81. The molecule has 0 bridgehead atoms. The minimum Gasteiger partial charge on any atom is -0.247 e. The summed E-state index contributed by atoms with van der Waals surface area (Å²) < 4.78 is 13.2. The second-order valence-electron chi connectivity index (χ2n) is 5.07. The van der Waals surface area contributed by atoms with Crippen LogP contribution < -0.4 is 0 Å². The molecule has 2 aliphatic carbocycles. The van der Waals surface area contributed by atoms with Crippen molar-refractivity contribution < 1.29 is 4.39 Å². The molecule has 3 atom stereocenters. The lowest BCUT2D eigenvalue weighted by Crippen LogP contribution is -2.13. The molecule has 1 heteroatoms. The van der Waals surface area contributed by atoms with Gasteiger partial charge in [-0.25, -0.2) is 4.39 Å². The molecule has 0 spiro atoms. The number of hydrogen-bond donors (Lipinski definition) is 0. The van der Waals surface area contributed by atoms with Crippen molar-refractivity contribution >= 4 is 0 Å². The van der Waals surface area contributed by atoms with Gasteiger partial charge in [-0.05, 0) is 50.9 Å². The molecule has 3 unspecified atom stereocenters. The summed E-state index contributed by atoms with van der Waals surface area (Å²) in [7, 11) is 0. The summed E-state index contributed by atoms with van der Waals surface area (Å²) in [6.45, 7) is 2.15. The van der Waals surface area contributed by atoms with Gasteiger partial charge >= 0.3 is 0 Å². The summed E-state index contributed by atoms with van der Waals surface area (Å²) in [5.74, 6) is 1.41. The predicted octanol–water partition coefficient (Wildman–Crippen LogP) is 4.43. The SMILES string of the molecule is CC1=CCC(C2CCCC(F)CC2)C=C1. The minimum absolute atomic E-state index is 0.528. The van der Waals surface area contributed by atoms with Crippen LogP contribution >= 0.6 is 0 Å². The molecule has 1 fully saturated rings. The molecular weight excluding hydrogens is 187 g/mol. The van der Waals surface area contributed by atoms with Crippen molar-refractivity contribution in [3.8, 4) is 0 Å². The Hall–Kier alpha value is -0.590. The van der Waals surface area contributed by atoms with Gasteiger partial charge in [0.25, 0.3) is 0 Å². The zero-order valence-electron chi connectivity index (χ0n) is 9.58. The van der Waals surface area contributed by atoms with Gasteiger partial charge in [-0.2, -0.15) is 0 Å². The number of alkyl halides is 1. The van der Waals surface area contributed by atoms with Crippen LogP contribution in [0.4, 0.5) is 4.39 Å². The summed E-state index contributed by atoms with van der Waals surface area (Å²) in [5.41, 5.74) is 1.38. The quantitative estimate of drug-likeness (QED) is 0.559. The lowest BCUT2D eigenvalue weighted by atomic mass is 9.81. The van der Waals surface area contributed by atoms with E-state index in [0.29, 0.717) is 5.92 Å². The van der Waals surface area contributed by atoms with Crippen molar-refractivity contribution in [3.05, 3.63) is 23.8 Å².